The van der Waals surface area contributed by atoms with Crippen molar-refractivity contribution in [3.05, 3.63) is 60.7 Å². The van der Waals surface area contributed by atoms with Gasteiger partial charge in [0.25, 0.3) is 0 Å². The predicted molar refractivity (Wildman–Crippen MR) is 81.0 cm³/mol. The monoisotopic (exact) mass is 366 g/mol. The molecule has 24 heavy (non-hydrogen) atoms. The molecular weight excluding hydrogens is 353 g/mol. The van der Waals surface area contributed by atoms with Gasteiger partial charge in [-0.2, -0.15) is 26.3 Å². The van der Waals surface area contributed by atoms with E-state index in [0.29, 0.717) is 0 Å². The second-order valence-corrected chi connectivity index (χ2v) is 7.49. The zero-order valence-electron chi connectivity index (χ0n) is 12.1. The third-order valence-corrected chi connectivity index (χ3v) is 6.62. The highest BCUT2D eigenvalue weighted by molar-refractivity contribution is 7.74. The Labute approximate surface area is 135 Å². The Hall–Kier alpha value is -1.59. The summed E-state index contributed by atoms with van der Waals surface area (Å²) in [4.78, 5) is 0. The standard InChI is InChI=1S/C16H13F6OP/c17-15(18,19)14(11-23,16(20,21)22)24(12-7-3-1-4-8-12)13-9-5-2-6-10-13/h1-10,23H,11H2. The molecule has 0 saturated carbocycles. The fraction of sp³-hybridized carbons (Fsp3) is 0.250. The summed E-state index contributed by atoms with van der Waals surface area (Å²) in [6.07, 6.45) is -11.3. The summed E-state index contributed by atoms with van der Waals surface area (Å²) in [6.45, 7) is -2.07. The van der Waals surface area contributed by atoms with E-state index in [1.54, 1.807) is 0 Å². The van der Waals surface area contributed by atoms with E-state index in [9.17, 15) is 31.4 Å². The number of aliphatic hydroxyl groups excluding tert-OH is 1. The van der Waals surface area contributed by atoms with Crippen LogP contribution < -0.4 is 10.6 Å². The Morgan fingerprint density at radius 1 is 0.667 bits per heavy atom. The van der Waals surface area contributed by atoms with Crippen molar-refractivity contribution in [2.45, 2.75) is 17.5 Å². The van der Waals surface area contributed by atoms with Crippen molar-refractivity contribution < 1.29 is 31.4 Å². The van der Waals surface area contributed by atoms with Gasteiger partial charge in [0.05, 0.1) is 6.61 Å². The number of hydrogen-bond acceptors (Lipinski definition) is 1. The lowest BCUT2D eigenvalue weighted by molar-refractivity contribution is -0.273. The van der Waals surface area contributed by atoms with E-state index in [1.165, 1.54) is 60.7 Å². The number of rotatable bonds is 4. The van der Waals surface area contributed by atoms with Crippen LogP contribution in [0, 0.1) is 0 Å². The number of hydrogen-bond donors (Lipinski definition) is 1. The summed E-state index contributed by atoms with van der Waals surface area (Å²) in [5.41, 5.74) is 0. The number of aliphatic hydroxyl groups is 1. The first-order valence-corrected chi connectivity index (χ1v) is 8.14. The lowest BCUT2D eigenvalue weighted by atomic mass is 10.1. The second-order valence-electron chi connectivity index (χ2n) is 5.02. The molecule has 0 aliphatic rings. The van der Waals surface area contributed by atoms with Crippen LogP contribution in [0.5, 0.6) is 0 Å². The van der Waals surface area contributed by atoms with Crippen molar-refractivity contribution in [2.24, 2.45) is 0 Å². The number of alkyl halides is 6. The summed E-state index contributed by atoms with van der Waals surface area (Å²) < 4.78 is 81.8. The van der Waals surface area contributed by atoms with Crippen molar-refractivity contribution >= 4 is 18.5 Å². The quantitative estimate of drug-likeness (QED) is 0.641. The zero-order chi connectivity index (χ0) is 18.0. The Morgan fingerprint density at radius 2 is 1.00 bits per heavy atom. The van der Waals surface area contributed by atoms with Crippen LogP contribution in [0.4, 0.5) is 26.3 Å². The first-order chi connectivity index (χ1) is 11.1. The molecule has 0 aliphatic heterocycles. The third-order valence-electron chi connectivity index (χ3n) is 3.58. The van der Waals surface area contributed by atoms with Crippen LogP contribution in [-0.2, 0) is 0 Å². The smallest absolute Gasteiger partial charge is 0.395 e. The molecule has 0 aliphatic carbocycles. The molecule has 0 heterocycles. The zero-order valence-corrected chi connectivity index (χ0v) is 13.0. The molecule has 1 nitrogen and oxygen atoms in total. The Kier molecular flexibility index (Phi) is 5.25. The fourth-order valence-electron chi connectivity index (χ4n) is 2.41. The molecule has 2 aromatic rings. The summed E-state index contributed by atoms with van der Waals surface area (Å²) in [7, 11) is -2.97. The van der Waals surface area contributed by atoms with Crippen LogP contribution in [0.2, 0.25) is 0 Å². The highest BCUT2D eigenvalue weighted by atomic mass is 31.1. The van der Waals surface area contributed by atoms with Crippen molar-refractivity contribution in [3.8, 4) is 0 Å². The summed E-state index contributed by atoms with van der Waals surface area (Å²) in [5, 5.41) is 4.86. The molecule has 0 radical (unpaired) electrons. The SMILES string of the molecule is OCC(P(c1ccccc1)c1ccccc1)(C(F)(F)F)C(F)(F)F. The maximum Gasteiger partial charge on any atom is 0.409 e. The highest BCUT2D eigenvalue weighted by Crippen LogP contribution is 2.63. The first kappa shape index (κ1) is 18.7. The molecule has 2 aromatic carbocycles. The third kappa shape index (κ3) is 3.15. The van der Waals surface area contributed by atoms with Gasteiger partial charge in [0.15, 0.2) is 0 Å². The van der Waals surface area contributed by atoms with Gasteiger partial charge in [-0.15, -0.1) is 0 Å². The van der Waals surface area contributed by atoms with Gasteiger partial charge in [-0.05, 0) is 18.5 Å². The molecule has 8 heteroatoms. The maximum absolute atomic E-state index is 13.6. The Morgan fingerprint density at radius 3 is 1.25 bits per heavy atom. The molecule has 0 bridgehead atoms. The Balaban J connectivity index is 2.81. The summed E-state index contributed by atoms with van der Waals surface area (Å²) in [5.74, 6) is 0. The van der Waals surface area contributed by atoms with Crippen LogP contribution in [0.25, 0.3) is 0 Å². The topological polar surface area (TPSA) is 20.2 Å². The minimum Gasteiger partial charge on any atom is -0.395 e. The molecule has 1 N–H and O–H groups in total. The van der Waals surface area contributed by atoms with Crippen molar-refractivity contribution in [1.29, 1.82) is 0 Å². The fourth-order valence-corrected chi connectivity index (χ4v) is 5.18. The van der Waals surface area contributed by atoms with Crippen molar-refractivity contribution in [1.82, 2.24) is 0 Å². The molecule has 0 fully saturated rings. The molecule has 0 amide bonds. The molecule has 0 aromatic heterocycles. The van der Waals surface area contributed by atoms with Gasteiger partial charge in [0, 0.05) is 0 Å². The molecule has 0 unspecified atom stereocenters. The number of halogens is 6. The largest absolute Gasteiger partial charge is 0.409 e. The van der Waals surface area contributed by atoms with E-state index < -0.39 is 32.0 Å². The van der Waals surface area contributed by atoms with Gasteiger partial charge in [0.2, 0.25) is 5.16 Å². The summed E-state index contributed by atoms with van der Waals surface area (Å²) in [6, 6.07) is 13.4. The van der Waals surface area contributed by atoms with Gasteiger partial charge in [-0.25, -0.2) is 0 Å². The van der Waals surface area contributed by atoms with Gasteiger partial charge in [0.1, 0.15) is 0 Å². The van der Waals surface area contributed by atoms with E-state index in [2.05, 4.69) is 0 Å². The van der Waals surface area contributed by atoms with Crippen LogP contribution in [0.15, 0.2) is 60.7 Å². The maximum atomic E-state index is 13.6. The molecule has 2 rings (SSSR count). The molecule has 0 atom stereocenters. The van der Waals surface area contributed by atoms with E-state index in [-0.39, 0.29) is 10.6 Å². The minimum absolute atomic E-state index is 0.109. The first-order valence-electron chi connectivity index (χ1n) is 6.80. The van der Waals surface area contributed by atoms with Gasteiger partial charge < -0.3 is 5.11 Å². The van der Waals surface area contributed by atoms with Crippen molar-refractivity contribution in [2.75, 3.05) is 6.61 Å². The van der Waals surface area contributed by atoms with E-state index in [1.807, 2.05) is 0 Å². The average molecular weight is 366 g/mol. The molecular formula is C16H13F6OP. The van der Waals surface area contributed by atoms with Crippen LogP contribution in [0.1, 0.15) is 0 Å². The van der Waals surface area contributed by atoms with E-state index in [0.717, 1.165) is 0 Å². The van der Waals surface area contributed by atoms with Crippen molar-refractivity contribution in [3.63, 3.8) is 0 Å². The van der Waals surface area contributed by atoms with Gasteiger partial charge >= 0.3 is 12.4 Å². The predicted octanol–water partition coefficient (Wildman–Crippen LogP) is 3.98. The van der Waals surface area contributed by atoms with Crippen LogP contribution in [-0.4, -0.2) is 29.2 Å². The molecule has 0 spiro atoms. The van der Waals surface area contributed by atoms with Gasteiger partial charge in [-0.3, -0.25) is 0 Å². The summed E-state index contributed by atoms with van der Waals surface area (Å²) >= 11 is 0. The van der Waals surface area contributed by atoms with Crippen LogP contribution in [0.3, 0.4) is 0 Å². The highest BCUT2D eigenvalue weighted by Gasteiger charge is 2.74. The second kappa shape index (κ2) is 6.73. The van der Waals surface area contributed by atoms with E-state index >= 15 is 0 Å². The molecule has 0 saturated heterocycles. The lowest BCUT2D eigenvalue weighted by Gasteiger charge is -2.42. The minimum atomic E-state index is -5.67. The van der Waals surface area contributed by atoms with Crippen LogP contribution >= 0.6 is 7.92 Å². The van der Waals surface area contributed by atoms with E-state index in [4.69, 9.17) is 0 Å². The normalized spacial score (nSPS) is 13.3. The Bertz CT molecular complexity index is 600. The number of benzene rings is 2. The molecule has 130 valence electrons. The lowest BCUT2D eigenvalue weighted by Crippen LogP contribution is -2.60. The van der Waals surface area contributed by atoms with Gasteiger partial charge in [-0.1, -0.05) is 60.7 Å². The average Bonchev–Trinajstić information content (AvgIpc) is 2.51.